The number of aliphatic hydroxyl groups is 3. The van der Waals surface area contributed by atoms with Crippen molar-refractivity contribution in [3.8, 4) is 0 Å². The van der Waals surface area contributed by atoms with Crippen molar-refractivity contribution in [2.45, 2.75) is 44.4 Å². The molecule has 4 atom stereocenters. The molecule has 1 saturated heterocycles. The zero-order valence-electron chi connectivity index (χ0n) is 13.1. The topological polar surface area (TPSA) is 99.8 Å². The van der Waals surface area contributed by atoms with E-state index in [-0.39, 0.29) is 23.0 Å². The minimum atomic E-state index is -1.36. The maximum absolute atomic E-state index is 13.7. The van der Waals surface area contributed by atoms with Gasteiger partial charge in [-0.3, -0.25) is 4.57 Å². The van der Waals surface area contributed by atoms with Gasteiger partial charge in [0.05, 0.1) is 17.6 Å². The van der Waals surface area contributed by atoms with Crippen molar-refractivity contribution in [2.24, 2.45) is 0 Å². The molecule has 2 aromatic rings. The number of fused-ring (bicyclic) bond motifs is 1. The fourth-order valence-corrected chi connectivity index (χ4v) is 2.80. The summed E-state index contributed by atoms with van der Waals surface area (Å²) in [6.07, 6.45) is -4.76. The van der Waals surface area contributed by atoms with E-state index >= 15 is 0 Å². The van der Waals surface area contributed by atoms with Crippen molar-refractivity contribution in [2.75, 3.05) is 11.9 Å². The van der Waals surface area contributed by atoms with E-state index in [2.05, 4.69) is 10.3 Å². The third-order valence-corrected chi connectivity index (χ3v) is 3.92. The van der Waals surface area contributed by atoms with E-state index in [4.69, 9.17) is 4.74 Å². The second-order valence-corrected chi connectivity index (χ2v) is 6.09. The Morgan fingerprint density at radius 2 is 1.92 bits per heavy atom. The number of benzene rings is 1. The van der Waals surface area contributed by atoms with Gasteiger partial charge in [-0.25, -0.2) is 13.8 Å². The third-order valence-electron chi connectivity index (χ3n) is 3.92. The van der Waals surface area contributed by atoms with Crippen molar-refractivity contribution in [1.82, 2.24) is 9.55 Å². The average molecular weight is 343 g/mol. The summed E-state index contributed by atoms with van der Waals surface area (Å²) in [4.78, 5) is 4.22. The van der Waals surface area contributed by atoms with E-state index in [1.54, 1.807) is 0 Å². The van der Waals surface area contributed by atoms with Gasteiger partial charge in [0, 0.05) is 18.2 Å². The lowest BCUT2D eigenvalue weighted by molar-refractivity contribution is -0.0499. The van der Waals surface area contributed by atoms with E-state index in [1.807, 2.05) is 13.8 Å². The Kier molecular flexibility index (Phi) is 4.43. The highest BCUT2D eigenvalue weighted by Crippen LogP contribution is 2.35. The Labute approximate surface area is 136 Å². The zero-order valence-corrected chi connectivity index (χ0v) is 13.1. The molecule has 0 spiro atoms. The monoisotopic (exact) mass is 343 g/mol. The van der Waals surface area contributed by atoms with Crippen LogP contribution in [0.4, 0.5) is 14.7 Å². The Bertz CT molecular complexity index is 752. The lowest BCUT2D eigenvalue weighted by Crippen LogP contribution is -2.33. The van der Waals surface area contributed by atoms with Crippen LogP contribution < -0.4 is 5.32 Å². The number of nitrogens with zero attached hydrogens (tertiary/aromatic N) is 2. The summed E-state index contributed by atoms with van der Waals surface area (Å²) < 4.78 is 34.0. The SMILES string of the molecule is CC(C)Nc1nc2cc(F)c(F)cc2n1[C@H]1O[C@@H](CO)[C@H](O)[C@@H]1O. The van der Waals surface area contributed by atoms with Crippen molar-refractivity contribution >= 4 is 17.0 Å². The molecule has 4 N–H and O–H groups in total. The number of nitrogens with one attached hydrogen (secondary N) is 1. The molecule has 0 unspecified atom stereocenters. The number of imidazole rings is 1. The maximum Gasteiger partial charge on any atom is 0.206 e. The Morgan fingerprint density at radius 1 is 1.25 bits per heavy atom. The summed E-state index contributed by atoms with van der Waals surface area (Å²) in [6, 6.07) is 1.86. The van der Waals surface area contributed by atoms with Gasteiger partial charge in [-0.15, -0.1) is 0 Å². The fourth-order valence-electron chi connectivity index (χ4n) is 2.80. The van der Waals surface area contributed by atoms with E-state index < -0.39 is 42.8 Å². The van der Waals surface area contributed by atoms with Crippen LogP contribution in [0.1, 0.15) is 20.1 Å². The van der Waals surface area contributed by atoms with Crippen LogP contribution in [0.15, 0.2) is 12.1 Å². The number of hydrogen-bond acceptors (Lipinski definition) is 6. The van der Waals surface area contributed by atoms with Gasteiger partial charge in [-0.1, -0.05) is 0 Å². The number of anilines is 1. The molecule has 1 aliphatic rings. The number of aliphatic hydroxyl groups excluding tert-OH is 3. The van der Waals surface area contributed by atoms with E-state index in [9.17, 15) is 24.1 Å². The van der Waals surface area contributed by atoms with Gasteiger partial charge in [0.2, 0.25) is 5.95 Å². The largest absolute Gasteiger partial charge is 0.394 e. The molecule has 0 amide bonds. The fraction of sp³-hybridized carbons (Fsp3) is 0.533. The molecule has 1 fully saturated rings. The quantitative estimate of drug-likeness (QED) is 0.654. The van der Waals surface area contributed by atoms with Crippen LogP contribution in [0, 0.1) is 11.6 Å². The highest BCUT2D eigenvalue weighted by Gasteiger charge is 2.44. The maximum atomic E-state index is 13.7. The Hall–Kier alpha value is -1.81. The second-order valence-electron chi connectivity index (χ2n) is 6.09. The van der Waals surface area contributed by atoms with Crippen LogP contribution in [-0.4, -0.2) is 55.8 Å². The zero-order chi connectivity index (χ0) is 17.6. The highest BCUT2D eigenvalue weighted by atomic mass is 19.2. The summed E-state index contributed by atoms with van der Waals surface area (Å²) in [6.45, 7) is 3.21. The molecule has 1 aromatic heterocycles. The molecule has 2 heterocycles. The van der Waals surface area contributed by atoms with Gasteiger partial charge in [0.15, 0.2) is 17.9 Å². The molecule has 132 valence electrons. The van der Waals surface area contributed by atoms with Crippen molar-refractivity contribution in [3.05, 3.63) is 23.8 Å². The predicted molar refractivity (Wildman–Crippen MR) is 81.4 cm³/mol. The smallest absolute Gasteiger partial charge is 0.206 e. The summed E-state index contributed by atoms with van der Waals surface area (Å²) in [7, 11) is 0. The standard InChI is InChI=1S/C15H19F2N3O4/c1-6(2)18-15-19-9-3-7(16)8(17)4-10(9)20(15)14-13(23)12(22)11(5-21)24-14/h3-4,6,11-14,21-23H,5H2,1-2H3,(H,18,19)/t11-,12-,13-,14-/m0/s1. The Morgan fingerprint density at radius 3 is 2.50 bits per heavy atom. The molecule has 3 rings (SSSR count). The third kappa shape index (κ3) is 2.73. The van der Waals surface area contributed by atoms with Crippen molar-refractivity contribution < 1.29 is 28.8 Å². The molecule has 1 aromatic carbocycles. The van der Waals surface area contributed by atoms with Crippen LogP contribution in [0.25, 0.3) is 11.0 Å². The molecule has 0 bridgehead atoms. The highest BCUT2D eigenvalue weighted by molar-refractivity contribution is 5.79. The normalized spacial score (nSPS) is 27.3. The molecular weight excluding hydrogens is 324 g/mol. The van der Waals surface area contributed by atoms with Crippen LogP contribution in [-0.2, 0) is 4.74 Å². The molecule has 0 radical (unpaired) electrons. The van der Waals surface area contributed by atoms with Crippen LogP contribution in [0.2, 0.25) is 0 Å². The lowest BCUT2D eigenvalue weighted by atomic mass is 10.1. The molecule has 24 heavy (non-hydrogen) atoms. The molecule has 0 aliphatic carbocycles. The van der Waals surface area contributed by atoms with Crippen LogP contribution in [0.3, 0.4) is 0 Å². The predicted octanol–water partition coefficient (Wildman–Crippen LogP) is 0.746. The van der Waals surface area contributed by atoms with Crippen LogP contribution in [0.5, 0.6) is 0 Å². The molecule has 1 aliphatic heterocycles. The van der Waals surface area contributed by atoms with E-state index in [0.717, 1.165) is 12.1 Å². The summed E-state index contributed by atoms with van der Waals surface area (Å²) in [5, 5.41) is 32.4. The molecule has 9 heteroatoms. The average Bonchev–Trinajstić information content (AvgIpc) is 2.97. The van der Waals surface area contributed by atoms with Gasteiger partial charge in [-0.2, -0.15) is 0 Å². The minimum Gasteiger partial charge on any atom is -0.394 e. The number of ether oxygens (including phenoxy) is 1. The summed E-state index contributed by atoms with van der Waals surface area (Å²) >= 11 is 0. The van der Waals surface area contributed by atoms with E-state index in [0.29, 0.717) is 0 Å². The van der Waals surface area contributed by atoms with Gasteiger partial charge < -0.3 is 25.4 Å². The van der Waals surface area contributed by atoms with Crippen molar-refractivity contribution in [1.29, 1.82) is 0 Å². The van der Waals surface area contributed by atoms with E-state index in [1.165, 1.54) is 4.57 Å². The second kappa shape index (κ2) is 6.25. The minimum absolute atomic E-state index is 0.0487. The van der Waals surface area contributed by atoms with Gasteiger partial charge >= 0.3 is 0 Å². The van der Waals surface area contributed by atoms with Gasteiger partial charge in [0.25, 0.3) is 0 Å². The first kappa shape index (κ1) is 17.0. The molecule has 7 nitrogen and oxygen atoms in total. The summed E-state index contributed by atoms with van der Waals surface area (Å²) in [5.41, 5.74) is 0.377. The van der Waals surface area contributed by atoms with Gasteiger partial charge in [0.1, 0.15) is 18.3 Å². The number of hydrogen-bond donors (Lipinski definition) is 4. The lowest BCUT2D eigenvalue weighted by Gasteiger charge is -2.21. The Balaban J connectivity index is 2.15. The first-order valence-corrected chi connectivity index (χ1v) is 7.59. The van der Waals surface area contributed by atoms with Crippen LogP contribution >= 0.6 is 0 Å². The first-order chi connectivity index (χ1) is 11.3. The molecular formula is C15H19F2N3O4. The summed E-state index contributed by atoms with van der Waals surface area (Å²) in [5.74, 6) is -1.87. The number of rotatable bonds is 4. The number of halogens is 2. The van der Waals surface area contributed by atoms with Gasteiger partial charge in [-0.05, 0) is 13.8 Å². The first-order valence-electron chi connectivity index (χ1n) is 7.59. The molecule has 0 saturated carbocycles. The number of aromatic nitrogens is 2. The van der Waals surface area contributed by atoms with Crippen molar-refractivity contribution in [3.63, 3.8) is 0 Å².